The van der Waals surface area contributed by atoms with Gasteiger partial charge in [-0.3, -0.25) is 10.0 Å². The zero-order valence-electron chi connectivity index (χ0n) is 21.3. The number of anilines is 1. The monoisotopic (exact) mass is 496 g/mol. The Morgan fingerprint density at radius 2 is 1.81 bits per heavy atom. The summed E-state index contributed by atoms with van der Waals surface area (Å²) in [4.78, 5) is 40.6. The highest BCUT2D eigenvalue weighted by atomic mass is 16.5. The molecule has 3 heterocycles. The molecular formula is C26H36N6O4. The number of amides is 1. The van der Waals surface area contributed by atoms with Crippen LogP contribution in [0.3, 0.4) is 0 Å². The molecule has 1 saturated heterocycles. The van der Waals surface area contributed by atoms with Crippen LogP contribution in [-0.4, -0.2) is 77.4 Å². The molecule has 1 amide bonds. The van der Waals surface area contributed by atoms with Crippen molar-refractivity contribution in [3.63, 3.8) is 0 Å². The summed E-state index contributed by atoms with van der Waals surface area (Å²) in [5.41, 5.74) is 5.87. The van der Waals surface area contributed by atoms with Crippen LogP contribution < -0.4 is 10.4 Å². The van der Waals surface area contributed by atoms with Crippen LogP contribution in [0.1, 0.15) is 34.3 Å². The Morgan fingerprint density at radius 3 is 2.42 bits per heavy atom. The van der Waals surface area contributed by atoms with Crippen LogP contribution in [0.25, 0.3) is 10.9 Å². The Labute approximate surface area is 211 Å². The molecular weight excluding hydrogens is 460 g/mol. The molecule has 0 saturated carbocycles. The SMILES string of the molecule is C=O.C=O.Cc1ccc2c(c1)c(CCN(C)CC1CCN(c3ncc(C(=O)NO)cn3)CC1)cn2C. The first kappa shape index (κ1) is 28.6. The van der Waals surface area contributed by atoms with Crippen LogP contribution >= 0.6 is 0 Å². The number of nitrogens with zero attached hydrogens (tertiary/aromatic N) is 5. The number of hydroxylamine groups is 1. The molecule has 0 spiro atoms. The van der Waals surface area contributed by atoms with E-state index >= 15 is 0 Å². The number of carbonyl (C=O) groups excluding carboxylic acids is 3. The minimum atomic E-state index is -0.600. The number of nitrogens with one attached hydrogen (secondary N) is 1. The van der Waals surface area contributed by atoms with Crippen molar-refractivity contribution in [1.82, 2.24) is 24.9 Å². The molecule has 2 N–H and O–H groups in total. The van der Waals surface area contributed by atoms with Gasteiger partial charge in [-0.1, -0.05) is 11.6 Å². The van der Waals surface area contributed by atoms with Crippen LogP contribution in [-0.2, 0) is 23.1 Å². The molecule has 0 radical (unpaired) electrons. The van der Waals surface area contributed by atoms with Crippen LogP contribution in [0, 0.1) is 12.8 Å². The first-order chi connectivity index (χ1) is 17.4. The van der Waals surface area contributed by atoms with Gasteiger partial charge in [0.1, 0.15) is 13.6 Å². The van der Waals surface area contributed by atoms with Gasteiger partial charge in [-0.25, -0.2) is 15.4 Å². The fourth-order valence-corrected chi connectivity index (χ4v) is 4.61. The molecule has 36 heavy (non-hydrogen) atoms. The second-order valence-electron chi connectivity index (χ2n) is 8.94. The summed E-state index contributed by atoms with van der Waals surface area (Å²) in [5.74, 6) is 0.694. The van der Waals surface area contributed by atoms with Gasteiger partial charge in [0.05, 0.1) is 5.56 Å². The van der Waals surface area contributed by atoms with Crippen molar-refractivity contribution in [2.45, 2.75) is 26.2 Å². The average Bonchev–Trinajstić information content (AvgIpc) is 3.24. The van der Waals surface area contributed by atoms with E-state index in [0.717, 1.165) is 45.4 Å². The Hall–Kier alpha value is -3.63. The summed E-state index contributed by atoms with van der Waals surface area (Å²) in [6.45, 7) is 10.1. The fraction of sp³-hybridized carbons (Fsp3) is 0.423. The van der Waals surface area contributed by atoms with E-state index in [0.29, 0.717) is 11.9 Å². The number of hydrogen-bond acceptors (Lipinski definition) is 8. The quantitative estimate of drug-likeness (QED) is 0.378. The van der Waals surface area contributed by atoms with Crippen molar-refractivity contribution in [2.75, 3.05) is 38.1 Å². The van der Waals surface area contributed by atoms with Crippen LogP contribution in [0.15, 0.2) is 36.8 Å². The predicted octanol–water partition coefficient (Wildman–Crippen LogP) is 2.42. The standard InChI is InChI=1S/C24H32N6O2.2CH2O/c1-17-4-5-22-21(12-17)19(16-29(22)3)8-9-28(2)15-18-6-10-30(11-7-18)24-25-13-20(14-26-24)23(31)27-32;2*1-2/h4-5,12-14,16,18,32H,6-11,15H2,1-3H3,(H,27,31);2*1H2. The Balaban J connectivity index is 0.00000109. The molecule has 0 unspecified atom stereocenters. The predicted molar refractivity (Wildman–Crippen MR) is 139 cm³/mol. The smallest absolute Gasteiger partial charge is 0.277 e. The molecule has 0 bridgehead atoms. The average molecular weight is 497 g/mol. The molecule has 3 aromatic rings. The number of carbonyl (C=O) groups is 3. The summed E-state index contributed by atoms with van der Waals surface area (Å²) in [7, 11) is 4.34. The van der Waals surface area contributed by atoms with E-state index in [4.69, 9.17) is 14.8 Å². The van der Waals surface area contributed by atoms with Crippen molar-refractivity contribution in [1.29, 1.82) is 0 Å². The second-order valence-corrected chi connectivity index (χ2v) is 8.94. The number of rotatable bonds is 7. The molecule has 0 atom stereocenters. The minimum Gasteiger partial charge on any atom is -0.350 e. The summed E-state index contributed by atoms with van der Waals surface area (Å²) in [6, 6.07) is 6.69. The molecule has 1 aliphatic heterocycles. The molecule has 1 aromatic carbocycles. The Bertz CT molecular complexity index is 1110. The molecule has 1 fully saturated rings. The normalized spacial score (nSPS) is 13.5. The molecule has 4 rings (SSSR count). The van der Waals surface area contributed by atoms with E-state index in [1.54, 1.807) is 5.48 Å². The molecule has 1 aliphatic rings. The van der Waals surface area contributed by atoms with E-state index in [-0.39, 0.29) is 5.56 Å². The highest BCUT2D eigenvalue weighted by Crippen LogP contribution is 2.24. The maximum atomic E-state index is 11.4. The molecule has 10 heteroatoms. The van der Waals surface area contributed by atoms with Gasteiger partial charge < -0.3 is 24.0 Å². The number of piperidine rings is 1. The van der Waals surface area contributed by atoms with Crippen LogP contribution in [0.5, 0.6) is 0 Å². The van der Waals surface area contributed by atoms with Crippen molar-refractivity contribution < 1.29 is 19.6 Å². The minimum absolute atomic E-state index is 0.245. The lowest BCUT2D eigenvalue weighted by atomic mass is 9.96. The maximum absolute atomic E-state index is 11.4. The lowest BCUT2D eigenvalue weighted by molar-refractivity contribution is -0.0987. The van der Waals surface area contributed by atoms with E-state index < -0.39 is 5.91 Å². The van der Waals surface area contributed by atoms with Crippen molar-refractivity contribution in [3.8, 4) is 0 Å². The van der Waals surface area contributed by atoms with Gasteiger partial charge in [-0.2, -0.15) is 0 Å². The second kappa shape index (κ2) is 14.1. The van der Waals surface area contributed by atoms with Crippen molar-refractivity contribution in [2.24, 2.45) is 13.0 Å². The number of hydrogen-bond donors (Lipinski definition) is 2. The largest absolute Gasteiger partial charge is 0.350 e. The molecule has 2 aromatic heterocycles. The third kappa shape index (κ3) is 7.19. The zero-order chi connectivity index (χ0) is 26.7. The highest BCUT2D eigenvalue weighted by Gasteiger charge is 2.22. The third-order valence-electron chi connectivity index (χ3n) is 6.46. The molecule has 0 aliphatic carbocycles. The van der Waals surface area contributed by atoms with Gasteiger partial charge in [0.2, 0.25) is 5.95 Å². The summed E-state index contributed by atoms with van der Waals surface area (Å²) >= 11 is 0. The zero-order valence-corrected chi connectivity index (χ0v) is 21.3. The lowest BCUT2D eigenvalue weighted by Gasteiger charge is -2.34. The first-order valence-corrected chi connectivity index (χ1v) is 11.8. The summed E-state index contributed by atoms with van der Waals surface area (Å²) in [5, 5.41) is 10.1. The number of likely N-dealkylation sites (N-methyl/N-ethyl adjacent to an activating group) is 1. The van der Waals surface area contributed by atoms with Gasteiger partial charge in [0.25, 0.3) is 5.91 Å². The van der Waals surface area contributed by atoms with E-state index in [1.807, 2.05) is 13.6 Å². The number of aryl methyl sites for hydroxylation is 2. The van der Waals surface area contributed by atoms with Crippen molar-refractivity contribution in [3.05, 3.63) is 53.5 Å². The molecule has 10 nitrogen and oxygen atoms in total. The van der Waals surface area contributed by atoms with Gasteiger partial charge in [-0.15, -0.1) is 0 Å². The van der Waals surface area contributed by atoms with Gasteiger partial charge >= 0.3 is 0 Å². The number of fused-ring (bicyclic) bond motifs is 1. The van der Waals surface area contributed by atoms with E-state index in [1.165, 1.54) is 34.4 Å². The van der Waals surface area contributed by atoms with Gasteiger partial charge in [0.15, 0.2) is 0 Å². The van der Waals surface area contributed by atoms with E-state index in [9.17, 15) is 4.79 Å². The van der Waals surface area contributed by atoms with E-state index in [2.05, 4.69) is 69.7 Å². The first-order valence-electron chi connectivity index (χ1n) is 11.8. The van der Waals surface area contributed by atoms with Crippen LogP contribution in [0.4, 0.5) is 5.95 Å². The van der Waals surface area contributed by atoms with Crippen molar-refractivity contribution >= 4 is 36.3 Å². The highest BCUT2D eigenvalue weighted by molar-refractivity contribution is 5.92. The summed E-state index contributed by atoms with van der Waals surface area (Å²) in [6.07, 6.45) is 8.41. The van der Waals surface area contributed by atoms with Crippen LogP contribution in [0.2, 0.25) is 0 Å². The summed E-state index contributed by atoms with van der Waals surface area (Å²) < 4.78 is 2.23. The third-order valence-corrected chi connectivity index (χ3v) is 6.46. The topological polar surface area (TPSA) is 121 Å². The maximum Gasteiger partial charge on any atom is 0.277 e. The van der Waals surface area contributed by atoms with Gasteiger partial charge in [0, 0.05) is 62.7 Å². The van der Waals surface area contributed by atoms with Gasteiger partial charge in [-0.05, 0) is 56.8 Å². The Kier molecular flexibility index (Phi) is 11.2. The Morgan fingerprint density at radius 1 is 1.17 bits per heavy atom. The number of aromatic nitrogens is 3. The molecule has 194 valence electrons. The number of benzene rings is 1. The lowest BCUT2D eigenvalue weighted by Crippen LogP contribution is -2.39. The fourth-order valence-electron chi connectivity index (χ4n) is 4.61.